The number of carbonyl (C=O) groups excluding carboxylic acids is 1. The van der Waals surface area contributed by atoms with Crippen LogP contribution in [0.25, 0.3) is 0 Å². The van der Waals surface area contributed by atoms with Crippen LogP contribution >= 0.6 is 0 Å². The molecule has 1 rings (SSSR count). The van der Waals surface area contributed by atoms with Crippen molar-refractivity contribution in [2.24, 2.45) is 5.16 Å². The third kappa shape index (κ3) is 4.86. The van der Waals surface area contributed by atoms with Crippen molar-refractivity contribution in [2.75, 3.05) is 13.7 Å². The van der Waals surface area contributed by atoms with Crippen molar-refractivity contribution >= 4 is 11.7 Å². The predicted molar refractivity (Wildman–Crippen MR) is 67.5 cm³/mol. The van der Waals surface area contributed by atoms with E-state index in [-0.39, 0.29) is 18.1 Å². The Morgan fingerprint density at radius 2 is 2.00 bits per heavy atom. The van der Waals surface area contributed by atoms with Crippen molar-refractivity contribution in [2.45, 2.75) is 19.8 Å². The lowest BCUT2D eigenvalue weighted by atomic mass is 10.1. The summed E-state index contributed by atoms with van der Waals surface area (Å²) in [5.41, 5.74) is 1.53. The fraction of sp³-hybridized carbons (Fsp3) is 0.385. The fourth-order valence-electron chi connectivity index (χ4n) is 1.37. The molecule has 5 heteroatoms. The summed E-state index contributed by atoms with van der Waals surface area (Å²) in [5, 5.41) is 13.1. The molecule has 0 saturated carbocycles. The molecule has 0 saturated heterocycles. The normalized spacial score (nSPS) is 11.1. The van der Waals surface area contributed by atoms with Gasteiger partial charge >= 0.3 is 5.97 Å². The number of carbonyl (C=O) groups is 1. The van der Waals surface area contributed by atoms with E-state index in [0.717, 1.165) is 5.56 Å². The number of rotatable bonds is 6. The monoisotopic (exact) mass is 251 g/mol. The van der Waals surface area contributed by atoms with E-state index in [2.05, 4.69) is 9.89 Å². The van der Waals surface area contributed by atoms with Crippen LogP contribution in [0.2, 0.25) is 0 Å². The van der Waals surface area contributed by atoms with Crippen LogP contribution in [-0.2, 0) is 20.8 Å². The van der Waals surface area contributed by atoms with E-state index in [9.17, 15) is 9.90 Å². The van der Waals surface area contributed by atoms with Gasteiger partial charge in [-0.25, -0.2) is 0 Å². The van der Waals surface area contributed by atoms with Crippen LogP contribution in [0.15, 0.2) is 29.4 Å². The molecule has 0 spiro atoms. The zero-order chi connectivity index (χ0) is 13.4. The van der Waals surface area contributed by atoms with Gasteiger partial charge in [-0.05, 0) is 24.6 Å². The maximum absolute atomic E-state index is 11.2. The summed E-state index contributed by atoms with van der Waals surface area (Å²) in [6.07, 6.45) is 0.576. The molecular formula is C13H17NO4. The molecule has 18 heavy (non-hydrogen) atoms. The Balaban J connectivity index is 2.71. The van der Waals surface area contributed by atoms with Crippen molar-refractivity contribution in [3.8, 4) is 5.75 Å². The van der Waals surface area contributed by atoms with Crippen molar-refractivity contribution in [1.82, 2.24) is 0 Å². The SMILES string of the molecule is CCON=C(CC(=O)OC)Cc1ccc(O)cc1. The standard InChI is InChI=1S/C13H17NO4/c1-3-18-14-11(9-13(16)17-2)8-10-4-6-12(15)7-5-10/h4-7,15H,3,8-9H2,1-2H3. The van der Waals surface area contributed by atoms with Crippen molar-refractivity contribution < 1.29 is 19.5 Å². The molecule has 0 heterocycles. The number of nitrogens with zero attached hydrogens (tertiary/aromatic N) is 1. The Hall–Kier alpha value is -2.04. The molecule has 5 nitrogen and oxygen atoms in total. The molecule has 0 aliphatic heterocycles. The Bertz CT molecular complexity index is 412. The highest BCUT2D eigenvalue weighted by molar-refractivity contribution is 5.99. The number of hydrogen-bond donors (Lipinski definition) is 1. The molecule has 0 radical (unpaired) electrons. The van der Waals surface area contributed by atoms with Crippen LogP contribution in [0.4, 0.5) is 0 Å². The maximum Gasteiger partial charge on any atom is 0.311 e. The average Bonchev–Trinajstić information content (AvgIpc) is 2.38. The van der Waals surface area contributed by atoms with Crippen molar-refractivity contribution in [3.05, 3.63) is 29.8 Å². The molecule has 0 amide bonds. The van der Waals surface area contributed by atoms with E-state index >= 15 is 0 Å². The smallest absolute Gasteiger partial charge is 0.311 e. The first-order chi connectivity index (χ1) is 8.65. The molecule has 0 bridgehead atoms. The largest absolute Gasteiger partial charge is 0.508 e. The van der Waals surface area contributed by atoms with Gasteiger partial charge < -0.3 is 14.7 Å². The number of hydrogen-bond acceptors (Lipinski definition) is 5. The first-order valence-electron chi connectivity index (χ1n) is 5.68. The molecule has 1 aromatic rings. The quantitative estimate of drug-likeness (QED) is 0.476. The summed E-state index contributed by atoms with van der Waals surface area (Å²) in [5.74, 6) is -0.151. The molecular weight excluding hydrogens is 234 g/mol. The van der Waals surface area contributed by atoms with Gasteiger partial charge in [0, 0.05) is 6.42 Å². The molecule has 1 aromatic carbocycles. The third-order valence-corrected chi connectivity index (χ3v) is 2.24. The molecule has 1 N–H and O–H groups in total. The number of oxime groups is 1. The highest BCUT2D eigenvalue weighted by Gasteiger charge is 2.09. The number of methoxy groups -OCH3 is 1. The van der Waals surface area contributed by atoms with E-state index in [1.54, 1.807) is 24.3 Å². The van der Waals surface area contributed by atoms with Crippen molar-refractivity contribution in [3.63, 3.8) is 0 Å². The summed E-state index contributed by atoms with van der Waals surface area (Å²) in [4.78, 5) is 16.2. The van der Waals surface area contributed by atoms with Gasteiger partial charge in [-0.1, -0.05) is 17.3 Å². The minimum atomic E-state index is -0.354. The second-order valence-electron chi connectivity index (χ2n) is 3.67. The maximum atomic E-state index is 11.2. The van der Waals surface area contributed by atoms with E-state index in [1.807, 2.05) is 6.92 Å². The lowest BCUT2D eigenvalue weighted by Crippen LogP contribution is -2.12. The lowest BCUT2D eigenvalue weighted by molar-refractivity contribution is -0.139. The van der Waals surface area contributed by atoms with Gasteiger partial charge in [0.1, 0.15) is 12.4 Å². The van der Waals surface area contributed by atoms with Gasteiger partial charge in [-0.3, -0.25) is 4.79 Å². The summed E-state index contributed by atoms with van der Waals surface area (Å²) in [6.45, 7) is 2.26. The Morgan fingerprint density at radius 1 is 1.33 bits per heavy atom. The Kier molecular flexibility index (Phi) is 5.70. The first kappa shape index (κ1) is 14.0. The van der Waals surface area contributed by atoms with E-state index in [1.165, 1.54) is 7.11 Å². The molecule has 98 valence electrons. The molecule has 0 aliphatic rings. The highest BCUT2D eigenvalue weighted by Crippen LogP contribution is 2.11. The molecule has 0 unspecified atom stereocenters. The van der Waals surface area contributed by atoms with Crippen LogP contribution < -0.4 is 0 Å². The number of ether oxygens (including phenoxy) is 1. The highest BCUT2D eigenvalue weighted by atomic mass is 16.6. The number of phenols is 1. The summed E-state index contributed by atoms with van der Waals surface area (Å²) >= 11 is 0. The Labute approximate surface area is 106 Å². The minimum Gasteiger partial charge on any atom is -0.508 e. The zero-order valence-corrected chi connectivity index (χ0v) is 10.5. The van der Waals surface area contributed by atoms with Crippen LogP contribution in [0.3, 0.4) is 0 Å². The molecule has 0 atom stereocenters. The van der Waals surface area contributed by atoms with Gasteiger partial charge in [0.25, 0.3) is 0 Å². The van der Waals surface area contributed by atoms with Gasteiger partial charge in [0.05, 0.1) is 19.2 Å². The van der Waals surface area contributed by atoms with Crippen LogP contribution in [0, 0.1) is 0 Å². The second kappa shape index (κ2) is 7.32. The average molecular weight is 251 g/mol. The van der Waals surface area contributed by atoms with Gasteiger partial charge in [-0.15, -0.1) is 0 Å². The van der Waals surface area contributed by atoms with E-state index in [4.69, 9.17) is 4.84 Å². The molecule has 0 fully saturated rings. The first-order valence-corrected chi connectivity index (χ1v) is 5.68. The zero-order valence-electron chi connectivity index (χ0n) is 10.5. The fourth-order valence-corrected chi connectivity index (χ4v) is 1.37. The number of aromatic hydroxyl groups is 1. The number of esters is 1. The van der Waals surface area contributed by atoms with E-state index in [0.29, 0.717) is 18.7 Å². The van der Waals surface area contributed by atoms with E-state index < -0.39 is 0 Å². The summed E-state index contributed by atoms with van der Waals surface area (Å²) in [6, 6.07) is 6.72. The predicted octanol–water partition coefficient (Wildman–Crippen LogP) is 1.89. The Morgan fingerprint density at radius 3 is 2.56 bits per heavy atom. The lowest BCUT2D eigenvalue weighted by Gasteiger charge is -2.05. The van der Waals surface area contributed by atoms with Gasteiger partial charge in [0.15, 0.2) is 0 Å². The molecule has 0 aromatic heterocycles. The molecule has 0 aliphatic carbocycles. The van der Waals surface area contributed by atoms with Crippen molar-refractivity contribution in [1.29, 1.82) is 0 Å². The minimum absolute atomic E-state index is 0.0946. The topological polar surface area (TPSA) is 68.1 Å². The van der Waals surface area contributed by atoms with Crippen LogP contribution in [-0.4, -0.2) is 30.5 Å². The number of phenolic OH excluding ortho intramolecular Hbond substituents is 1. The second-order valence-corrected chi connectivity index (χ2v) is 3.67. The van der Waals surface area contributed by atoms with Crippen LogP contribution in [0.1, 0.15) is 18.9 Å². The summed E-state index contributed by atoms with van der Waals surface area (Å²) < 4.78 is 4.60. The van der Waals surface area contributed by atoms with Crippen LogP contribution in [0.5, 0.6) is 5.75 Å². The van der Waals surface area contributed by atoms with Gasteiger partial charge in [0.2, 0.25) is 0 Å². The summed E-state index contributed by atoms with van der Waals surface area (Å²) in [7, 11) is 1.33. The number of benzene rings is 1. The van der Waals surface area contributed by atoms with Gasteiger partial charge in [-0.2, -0.15) is 0 Å². The third-order valence-electron chi connectivity index (χ3n) is 2.24.